The fourth-order valence-corrected chi connectivity index (χ4v) is 0.628. The number of aryl methyl sites for hydroxylation is 1. The SMILES string of the molecule is Cc1cccc(O)c1.[Na+].[OH-]. The number of phenols is 1. The van der Waals surface area contributed by atoms with Crippen molar-refractivity contribution in [1.29, 1.82) is 0 Å². The summed E-state index contributed by atoms with van der Waals surface area (Å²) in [5, 5.41) is 8.81. The summed E-state index contributed by atoms with van der Waals surface area (Å²) < 4.78 is 0. The normalized spacial score (nSPS) is 7.30. The number of benzene rings is 1. The Morgan fingerprint density at radius 2 is 1.90 bits per heavy atom. The maximum absolute atomic E-state index is 8.81. The fraction of sp³-hybridized carbons (Fsp3) is 0.143. The first-order chi connectivity index (χ1) is 3.79. The number of hydrogen-bond donors (Lipinski definition) is 1. The van der Waals surface area contributed by atoms with Gasteiger partial charge in [0.25, 0.3) is 0 Å². The van der Waals surface area contributed by atoms with Crippen molar-refractivity contribution in [2.45, 2.75) is 6.92 Å². The molecule has 0 atom stereocenters. The van der Waals surface area contributed by atoms with Gasteiger partial charge in [-0.3, -0.25) is 0 Å². The standard InChI is InChI=1S/C7H8O.Na.H2O/c1-6-3-2-4-7(8)5-6;;/h2-5,8H,1H3;;1H2/q;+1;/p-1. The molecule has 0 heterocycles. The summed E-state index contributed by atoms with van der Waals surface area (Å²) in [4.78, 5) is 0. The van der Waals surface area contributed by atoms with Crippen molar-refractivity contribution < 1.29 is 40.1 Å². The van der Waals surface area contributed by atoms with Gasteiger partial charge in [0.15, 0.2) is 0 Å². The zero-order valence-corrected chi connectivity index (χ0v) is 8.20. The van der Waals surface area contributed by atoms with Crippen molar-refractivity contribution in [3.05, 3.63) is 29.8 Å². The molecule has 0 radical (unpaired) electrons. The van der Waals surface area contributed by atoms with Gasteiger partial charge in [0.05, 0.1) is 0 Å². The Kier molecular flexibility index (Phi) is 7.26. The van der Waals surface area contributed by atoms with E-state index in [1.165, 1.54) is 0 Å². The second-order valence-electron chi connectivity index (χ2n) is 1.84. The molecule has 3 heteroatoms. The van der Waals surface area contributed by atoms with Crippen LogP contribution in [-0.4, -0.2) is 10.6 Å². The first-order valence-corrected chi connectivity index (χ1v) is 2.54. The van der Waals surface area contributed by atoms with Crippen molar-refractivity contribution in [2.24, 2.45) is 0 Å². The van der Waals surface area contributed by atoms with Crippen LogP contribution in [0.2, 0.25) is 0 Å². The summed E-state index contributed by atoms with van der Waals surface area (Å²) in [5.41, 5.74) is 1.09. The smallest absolute Gasteiger partial charge is 0.870 e. The van der Waals surface area contributed by atoms with Gasteiger partial charge in [0.2, 0.25) is 0 Å². The molecule has 1 aromatic carbocycles. The van der Waals surface area contributed by atoms with Crippen LogP contribution in [0.5, 0.6) is 5.75 Å². The van der Waals surface area contributed by atoms with E-state index in [1.54, 1.807) is 12.1 Å². The van der Waals surface area contributed by atoms with E-state index in [0.29, 0.717) is 5.75 Å². The van der Waals surface area contributed by atoms with E-state index in [2.05, 4.69) is 0 Å². The van der Waals surface area contributed by atoms with Gasteiger partial charge < -0.3 is 10.6 Å². The van der Waals surface area contributed by atoms with Gasteiger partial charge in [0, 0.05) is 0 Å². The molecule has 0 spiro atoms. The second kappa shape index (κ2) is 5.74. The summed E-state index contributed by atoms with van der Waals surface area (Å²) in [6.45, 7) is 1.94. The van der Waals surface area contributed by atoms with Crippen LogP contribution in [0.1, 0.15) is 5.56 Å². The molecule has 50 valence electrons. The zero-order valence-electron chi connectivity index (χ0n) is 6.20. The van der Waals surface area contributed by atoms with Crippen LogP contribution in [0.15, 0.2) is 24.3 Å². The van der Waals surface area contributed by atoms with Crippen molar-refractivity contribution in [1.82, 2.24) is 0 Å². The van der Waals surface area contributed by atoms with Crippen molar-refractivity contribution in [3.63, 3.8) is 0 Å². The van der Waals surface area contributed by atoms with E-state index in [9.17, 15) is 0 Å². The molecule has 0 saturated heterocycles. The van der Waals surface area contributed by atoms with E-state index in [0.717, 1.165) is 5.56 Å². The predicted octanol–water partition coefficient (Wildman–Crippen LogP) is -1.47. The molecular weight excluding hydrogens is 139 g/mol. The number of aromatic hydroxyl groups is 1. The van der Waals surface area contributed by atoms with Crippen LogP contribution < -0.4 is 29.6 Å². The molecule has 0 aliphatic carbocycles. The molecule has 1 rings (SSSR count). The minimum absolute atomic E-state index is 0. The third-order valence-electron chi connectivity index (χ3n) is 1.00. The Balaban J connectivity index is 0. The molecule has 0 amide bonds. The van der Waals surface area contributed by atoms with Gasteiger partial charge in [-0.25, -0.2) is 0 Å². The fourth-order valence-electron chi connectivity index (χ4n) is 0.628. The Hall–Kier alpha value is -0.0200. The summed E-state index contributed by atoms with van der Waals surface area (Å²) in [5.74, 6) is 0.338. The third kappa shape index (κ3) is 3.90. The first-order valence-electron chi connectivity index (χ1n) is 2.54. The molecule has 0 fully saturated rings. The largest absolute Gasteiger partial charge is 1.00 e. The van der Waals surface area contributed by atoms with Crippen LogP contribution in [0.4, 0.5) is 0 Å². The molecule has 1 aromatic rings. The maximum Gasteiger partial charge on any atom is 1.00 e. The topological polar surface area (TPSA) is 50.2 Å². The first kappa shape index (κ1) is 12.6. The Morgan fingerprint density at radius 3 is 2.20 bits per heavy atom. The van der Waals surface area contributed by atoms with Gasteiger partial charge in [-0.1, -0.05) is 12.1 Å². The second-order valence-corrected chi connectivity index (χ2v) is 1.84. The molecule has 2 nitrogen and oxygen atoms in total. The average molecular weight is 148 g/mol. The van der Waals surface area contributed by atoms with Crippen molar-refractivity contribution in [3.8, 4) is 5.75 Å². The summed E-state index contributed by atoms with van der Waals surface area (Å²) >= 11 is 0. The number of hydrogen-bond acceptors (Lipinski definition) is 2. The maximum atomic E-state index is 8.81. The van der Waals surface area contributed by atoms with E-state index >= 15 is 0 Å². The van der Waals surface area contributed by atoms with Crippen LogP contribution in [0, 0.1) is 6.92 Å². The Morgan fingerprint density at radius 1 is 1.30 bits per heavy atom. The van der Waals surface area contributed by atoms with E-state index < -0.39 is 0 Å². The number of phenolic OH excluding ortho intramolecular Hbond substituents is 1. The molecule has 0 aliphatic heterocycles. The van der Waals surface area contributed by atoms with Gasteiger partial charge in [0.1, 0.15) is 5.75 Å². The van der Waals surface area contributed by atoms with E-state index in [-0.39, 0.29) is 35.0 Å². The summed E-state index contributed by atoms with van der Waals surface area (Å²) in [6.07, 6.45) is 0. The molecule has 0 saturated carbocycles. The quantitative estimate of drug-likeness (QED) is 0.456. The zero-order chi connectivity index (χ0) is 5.98. The third-order valence-corrected chi connectivity index (χ3v) is 1.00. The monoisotopic (exact) mass is 148 g/mol. The molecule has 10 heavy (non-hydrogen) atoms. The predicted molar refractivity (Wildman–Crippen MR) is 34.8 cm³/mol. The van der Waals surface area contributed by atoms with Crippen LogP contribution in [-0.2, 0) is 0 Å². The number of rotatable bonds is 0. The summed E-state index contributed by atoms with van der Waals surface area (Å²) in [6, 6.07) is 7.15. The molecular formula is C7H9NaO2. The van der Waals surface area contributed by atoms with Crippen molar-refractivity contribution in [2.75, 3.05) is 0 Å². The average Bonchev–Trinajstić information content (AvgIpc) is 1.64. The van der Waals surface area contributed by atoms with Gasteiger partial charge in [-0.05, 0) is 24.6 Å². The molecule has 0 unspecified atom stereocenters. The van der Waals surface area contributed by atoms with Crippen LogP contribution in [0.3, 0.4) is 0 Å². The Bertz CT molecular complexity index is 171. The van der Waals surface area contributed by atoms with Gasteiger partial charge >= 0.3 is 29.6 Å². The van der Waals surface area contributed by atoms with E-state index in [4.69, 9.17) is 5.11 Å². The van der Waals surface area contributed by atoms with Crippen LogP contribution >= 0.6 is 0 Å². The van der Waals surface area contributed by atoms with E-state index in [1.807, 2.05) is 19.1 Å². The summed E-state index contributed by atoms with van der Waals surface area (Å²) in [7, 11) is 0. The Labute approximate surface area is 82.5 Å². The van der Waals surface area contributed by atoms with Crippen LogP contribution in [0.25, 0.3) is 0 Å². The van der Waals surface area contributed by atoms with Crippen molar-refractivity contribution >= 4 is 0 Å². The van der Waals surface area contributed by atoms with Gasteiger partial charge in [-0.2, -0.15) is 0 Å². The molecule has 0 bridgehead atoms. The molecule has 0 aliphatic rings. The minimum atomic E-state index is 0. The van der Waals surface area contributed by atoms with Gasteiger partial charge in [-0.15, -0.1) is 0 Å². The molecule has 2 N–H and O–H groups in total. The molecule has 0 aromatic heterocycles. The minimum Gasteiger partial charge on any atom is -0.870 e.